The summed E-state index contributed by atoms with van der Waals surface area (Å²) in [5.74, 6) is 1.25. The first kappa shape index (κ1) is 32.8. The highest BCUT2D eigenvalue weighted by atomic mass is 16.5. The van der Waals surface area contributed by atoms with E-state index in [-0.39, 0.29) is 41.5 Å². The molecule has 0 saturated heterocycles. The predicted octanol–water partition coefficient (Wildman–Crippen LogP) is 9.17. The molecule has 0 radical (unpaired) electrons. The molecule has 0 fully saturated rings. The monoisotopic (exact) mass is 560 g/mol. The molecule has 2 aromatic rings. The van der Waals surface area contributed by atoms with Crippen molar-refractivity contribution in [2.45, 2.75) is 113 Å². The molecule has 0 amide bonds. The highest BCUT2D eigenvalue weighted by molar-refractivity contribution is 6.02. The van der Waals surface area contributed by atoms with Crippen LogP contribution in [-0.2, 0) is 22.4 Å². The smallest absolute Gasteiger partial charge is 0.163 e. The Labute approximate surface area is 248 Å². The molecular weight excluding hydrogens is 508 g/mol. The Hall–Kier alpha value is -2.75. The van der Waals surface area contributed by atoms with E-state index in [1.165, 1.54) is 12.5 Å². The van der Waals surface area contributed by atoms with Crippen molar-refractivity contribution in [1.82, 2.24) is 0 Å². The Morgan fingerprint density at radius 2 is 1.78 bits per heavy atom. The number of ether oxygens (including phenoxy) is 1. The highest BCUT2D eigenvalue weighted by Gasteiger charge is 2.34. The first-order chi connectivity index (χ1) is 19.4. The van der Waals surface area contributed by atoms with Crippen molar-refractivity contribution < 1.29 is 19.1 Å². The van der Waals surface area contributed by atoms with Gasteiger partial charge < -0.3 is 4.74 Å². The summed E-state index contributed by atoms with van der Waals surface area (Å²) in [5.41, 5.74) is 6.75. The van der Waals surface area contributed by atoms with Crippen LogP contribution in [0.3, 0.4) is 0 Å². The maximum Gasteiger partial charge on any atom is 0.163 e. The van der Waals surface area contributed by atoms with Gasteiger partial charge in [0.25, 0.3) is 0 Å². The molecule has 0 heterocycles. The fourth-order valence-electron chi connectivity index (χ4n) is 6.94. The number of carbonyl (C=O) groups is 3. The minimum atomic E-state index is -0.128. The van der Waals surface area contributed by atoms with Gasteiger partial charge in [0.05, 0.1) is 13.5 Å². The van der Waals surface area contributed by atoms with E-state index >= 15 is 0 Å². The van der Waals surface area contributed by atoms with E-state index in [4.69, 9.17) is 4.74 Å². The average Bonchev–Trinajstić information content (AvgIpc) is 2.88. The van der Waals surface area contributed by atoms with Gasteiger partial charge in [-0.05, 0) is 104 Å². The molecule has 2 aromatic carbocycles. The zero-order valence-electron chi connectivity index (χ0n) is 26.8. The van der Waals surface area contributed by atoms with E-state index in [0.717, 1.165) is 84.9 Å². The van der Waals surface area contributed by atoms with E-state index in [9.17, 15) is 14.4 Å². The summed E-state index contributed by atoms with van der Waals surface area (Å²) >= 11 is 0. The fourth-order valence-corrected chi connectivity index (χ4v) is 6.94. The average molecular weight is 561 g/mol. The lowest BCUT2D eigenvalue weighted by atomic mass is 9.71. The fraction of sp³-hybridized carbons (Fsp3) is 0.595. The maximum absolute atomic E-state index is 13.7. The van der Waals surface area contributed by atoms with Crippen molar-refractivity contribution in [1.29, 1.82) is 0 Å². The van der Waals surface area contributed by atoms with E-state index in [1.807, 2.05) is 6.92 Å². The molecule has 224 valence electrons. The Balaban J connectivity index is 1.97. The Morgan fingerprint density at radius 3 is 2.39 bits per heavy atom. The van der Waals surface area contributed by atoms with E-state index in [0.29, 0.717) is 11.8 Å². The molecule has 3 rings (SSSR count). The normalized spacial score (nSPS) is 16.7. The number of methoxy groups -OCH3 is 1. The minimum absolute atomic E-state index is 0.0143. The molecule has 3 unspecified atom stereocenters. The van der Waals surface area contributed by atoms with Gasteiger partial charge in [0.15, 0.2) is 5.78 Å². The van der Waals surface area contributed by atoms with Crippen LogP contribution in [0.15, 0.2) is 30.3 Å². The third-order valence-electron chi connectivity index (χ3n) is 8.85. The van der Waals surface area contributed by atoms with Crippen LogP contribution in [0.4, 0.5) is 0 Å². The topological polar surface area (TPSA) is 60.4 Å². The lowest BCUT2D eigenvalue weighted by Crippen LogP contribution is -2.30. The molecule has 0 spiro atoms. The van der Waals surface area contributed by atoms with Crippen LogP contribution in [0.2, 0.25) is 0 Å². The van der Waals surface area contributed by atoms with Gasteiger partial charge in [-0.3, -0.25) is 14.4 Å². The van der Waals surface area contributed by atoms with Crippen molar-refractivity contribution in [3.63, 3.8) is 0 Å². The SMILES string of the molecule is CCCC(CC1CC(=O)c2c(C)ccc(-c3cc(CCCC(C)(C)C)ccc3OC)c2C1)C(CC)C(=O)CC(C)=O. The molecule has 0 N–H and O–H groups in total. The second-order valence-electron chi connectivity index (χ2n) is 13.6. The number of carbonyl (C=O) groups excluding carboxylic acids is 3. The van der Waals surface area contributed by atoms with Crippen molar-refractivity contribution in [3.05, 3.63) is 52.6 Å². The summed E-state index contributed by atoms with van der Waals surface area (Å²) in [5, 5.41) is 0. The minimum Gasteiger partial charge on any atom is -0.496 e. The van der Waals surface area contributed by atoms with Gasteiger partial charge in [-0.1, -0.05) is 65.7 Å². The molecule has 3 atom stereocenters. The van der Waals surface area contributed by atoms with Crippen LogP contribution in [0, 0.1) is 30.1 Å². The van der Waals surface area contributed by atoms with Crippen molar-refractivity contribution in [3.8, 4) is 16.9 Å². The Bertz CT molecular complexity index is 1230. The Kier molecular flexibility index (Phi) is 11.5. The second-order valence-corrected chi connectivity index (χ2v) is 13.6. The van der Waals surface area contributed by atoms with Gasteiger partial charge in [-0.2, -0.15) is 0 Å². The predicted molar refractivity (Wildman–Crippen MR) is 169 cm³/mol. The van der Waals surface area contributed by atoms with Gasteiger partial charge in [0, 0.05) is 23.5 Å². The zero-order chi connectivity index (χ0) is 30.3. The third kappa shape index (κ3) is 8.63. The molecule has 0 aliphatic heterocycles. The quantitative estimate of drug-likeness (QED) is 0.216. The van der Waals surface area contributed by atoms with E-state index in [2.05, 4.69) is 65.0 Å². The van der Waals surface area contributed by atoms with E-state index < -0.39 is 0 Å². The van der Waals surface area contributed by atoms with Crippen molar-refractivity contribution >= 4 is 17.3 Å². The lowest BCUT2D eigenvalue weighted by molar-refractivity contribution is -0.129. The number of Topliss-reactive ketones (excluding diaryl/α,β-unsaturated/α-hetero) is 3. The molecule has 4 nitrogen and oxygen atoms in total. The molecule has 41 heavy (non-hydrogen) atoms. The zero-order valence-corrected chi connectivity index (χ0v) is 26.8. The van der Waals surface area contributed by atoms with E-state index in [1.54, 1.807) is 7.11 Å². The van der Waals surface area contributed by atoms with Gasteiger partial charge in [0.2, 0.25) is 0 Å². The highest BCUT2D eigenvalue weighted by Crippen LogP contribution is 2.42. The van der Waals surface area contributed by atoms with Crippen molar-refractivity contribution in [2.75, 3.05) is 7.11 Å². The molecule has 1 aliphatic rings. The summed E-state index contributed by atoms with van der Waals surface area (Å²) < 4.78 is 5.84. The van der Waals surface area contributed by atoms with Crippen LogP contribution in [0.1, 0.15) is 120 Å². The molecule has 1 aliphatic carbocycles. The molecule has 4 heteroatoms. The van der Waals surface area contributed by atoms with Crippen LogP contribution >= 0.6 is 0 Å². The third-order valence-corrected chi connectivity index (χ3v) is 8.85. The summed E-state index contributed by atoms with van der Waals surface area (Å²) in [4.78, 5) is 38.4. The first-order valence-electron chi connectivity index (χ1n) is 15.7. The summed E-state index contributed by atoms with van der Waals surface area (Å²) in [7, 11) is 1.71. The summed E-state index contributed by atoms with van der Waals surface area (Å²) in [6.07, 6.45) is 8.12. The first-order valence-corrected chi connectivity index (χ1v) is 15.7. The standard InChI is InChI=1S/C37H52O4/c1-9-12-28(29(10-2)33(39)19-25(4)38)20-27-22-32-30(16-14-24(3)36(32)34(40)23-27)31-21-26(15-17-35(31)41-8)13-11-18-37(5,6)7/h14-17,21,27-29H,9-13,18-20,22-23H2,1-8H3. The molecule has 0 bridgehead atoms. The molecule has 0 aromatic heterocycles. The lowest BCUT2D eigenvalue weighted by Gasteiger charge is -2.32. The summed E-state index contributed by atoms with van der Waals surface area (Å²) in [6, 6.07) is 10.7. The number of benzene rings is 2. The van der Waals surface area contributed by atoms with Crippen LogP contribution in [0.25, 0.3) is 11.1 Å². The maximum atomic E-state index is 13.7. The van der Waals surface area contributed by atoms with Gasteiger partial charge in [0.1, 0.15) is 17.3 Å². The second kappa shape index (κ2) is 14.4. The van der Waals surface area contributed by atoms with Gasteiger partial charge in [-0.25, -0.2) is 0 Å². The van der Waals surface area contributed by atoms with Crippen LogP contribution in [0.5, 0.6) is 5.75 Å². The Morgan fingerprint density at radius 1 is 1.05 bits per heavy atom. The number of fused-ring (bicyclic) bond motifs is 1. The number of hydrogen-bond donors (Lipinski definition) is 0. The van der Waals surface area contributed by atoms with Crippen LogP contribution < -0.4 is 4.74 Å². The van der Waals surface area contributed by atoms with Crippen molar-refractivity contribution in [2.24, 2.45) is 23.2 Å². The number of hydrogen-bond acceptors (Lipinski definition) is 4. The van der Waals surface area contributed by atoms with Gasteiger partial charge >= 0.3 is 0 Å². The molecular formula is C37H52O4. The largest absolute Gasteiger partial charge is 0.496 e. The number of rotatable bonds is 14. The number of aryl methyl sites for hydroxylation is 2. The number of ketones is 3. The van der Waals surface area contributed by atoms with Gasteiger partial charge in [-0.15, -0.1) is 0 Å². The van der Waals surface area contributed by atoms with Crippen LogP contribution in [-0.4, -0.2) is 24.5 Å². The summed E-state index contributed by atoms with van der Waals surface area (Å²) in [6.45, 7) is 14.6. The molecule has 0 saturated carbocycles.